The second-order valence-electron chi connectivity index (χ2n) is 5.29. The van der Waals surface area contributed by atoms with Crippen molar-refractivity contribution in [2.75, 3.05) is 0 Å². The predicted octanol–water partition coefficient (Wildman–Crippen LogP) is 3.99. The summed E-state index contributed by atoms with van der Waals surface area (Å²) in [5.41, 5.74) is 8.89. The molecule has 0 aliphatic heterocycles. The number of ether oxygens (including phenoxy) is 1. The molecule has 126 valence electrons. The van der Waals surface area contributed by atoms with Gasteiger partial charge in [0, 0.05) is 23.2 Å². The number of nitrogens with two attached hydrogens (primary N) is 1. The Hall–Kier alpha value is -2.53. The number of halogens is 1. The van der Waals surface area contributed by atoms with Crippen molar-refractivity contribution < 1.29 is 14.4 Å². The van der Waals surface area contributed by atoms with Crippen molar-refractivity contribution in [3.8, 4) is 0 Å². The number of rotatable bonds is 7. The van der Waals surface area contributed by atoms with Crippen LogP contribution < -0.4 is 5.73 Å². The van der Waals surface area contributed by atoms with E-state index in [9.17, 15) is 4.79 Å². The van der Waals surface area contributed by atoms with Crippen LogP contribution in [-0.2, 0) is 29.2 Å². The molecule has 0 fully saturated rings. The number of nitrogens with zero attached hydrogens (tertiary/aromatic N) is 1. The monoisotopic (exact) mass is 346 g/mol. The van der Waals surface area contributed by atoms with Crippen LogP contribution >= 0.6 is 11.6 Å². The van der Waals surface area contributed by atoms with Crippen LogP contribution in [0.3, 0.4) is 0 Å². The minimum absolute atomic E-state index is 0.0447. The first-order valence-corrected chi connectivity index (χ1v) is 7.81. The maximum atomic E-state index is 10.7. The van der Waals surface area contributed by atoms with Gasteiger partial charge in [-0.3, -0.25) is 0 Å². The van der Waals surface area contributed by atoms with Gasteiger partial charge >= 0.3 is 6.09 Å². The molecule has 2 aromatic carbocycles. The lowest BCUT2D eigenvalue weighted by molar-refractivity contribution is 0.131. The number of hydrogen-bond acceptors (Lipinski definition) is 4. The van der Waals surface area contributed by atoms with Crippen molar-refractivity contribution in [3.63, 3.8) is 0 Å². The molecule has 2 rings (SSSR count). The van der Waals surface area contributed by atoms with Gasteiger partial charge in [0.2, 0.25) is 0 Å². The van der Waals surface area contributed by atoms with Gasteiger partial charge in [-0.15, -0.1) is 0 Å². The number of carbonyl (C=O) groups is 1. The van der Waals surface area contributed by atoms with Crippen molar-refractivity contribution in [2.24, 2.45) is 10.9 Å². The average molecular weight is 347 g/mol. The second-order valence-corrected chi connectivity index (χ2v) is 5.70. The number of oxime groups is 1. The highest BCUT2D eigenvalue weighted by molar-refractivity contribution is 6.31. The molecule has 2 N–H and O–H groups in total. The minimum Gasteiger partial charge on any atom is -0.445 e. The van der Waals surface area contributed by atoms with Gasteiger partial charge in [0.05, 0.1) is 0 Å². The molecule has 0 bridgehead atoms. The topological polar surface area (TPSA) is 73.9 Å². The summed E-state index contributed by atoms with van der Waals surface area (Å²) < 4.78 is 4.76. The van der Waals surface area contributed by atoms with Crippen molar-refractivity contribution in [1.29, 1.82) is 0 Å². The number of benzene rings is 2. The molecule has 0 saturated carbocycles. The quantitative estimate of drug-likeness (QED) is 0.608. The second kappa shape index (κ2) is 8.93. The Balaban J connectivity index is 1.84. The molecule has 0 spiro atoms. The molecule has 0 atom stereocenters. The SMILES string of the molecule is Cc1cccc(CON=CCc2ccc(Cl)c(COC(N)=O)c2)c1. The number of primary amides is 1. The van der Waals surface area contributed by atoms with Crippen LogP contribution in [0.5, 0.6) is 0 Å². The van der Waals surface area contributed by atoms with Crippen LogP contribution in [0, 0.1) is 6.92 Å². The van der Waals surface area contributed by atoms with E-state index in [1.54, 1.807) is 12.3 Å². The van der Waals surface area contributed by atoms with Gasteiger partial charge in [-0.1, -0.05) is 58.7 Å². The highest BCUT2D eigenvalue weighted by atomic mass is 35.5. The van der Waals surface area contributed by atoms with E-state index >= 15 is 0 Å². The van der Waals surface area contributed by atoms with Crippen molar-refractivity contribution in [2.45, 2.75) is 26.6 Å². The minimum atomic E-state index is -0.831. The highest BCUT2D eigenvalue weighted by Gasteiger charge is 2.04. The van der Waals surface area contributed by atoms with E-state index in [2.05, 4.69) is 11.2 Å². The van der Waals surface area contributed by atoms with Crippen LogP contribution in [-0.4, -0.2) is 12.3 Å². The number of hydrogen-bond donors (Lipinski definition) is 1. The summed E-state index contributed by atoms with van der Waals surface area (Å²) >= 11 is 6.05. The van der Waals surface area contributed by atoms with Gasteiger partial charge in [-0.05, 0) is 24.1 Å². The Kier molecular flexibility index (Phi) is 6.63. The molecule has 0 aliphatic carbocycles. The third-order valence-electron chi connectivity index (χ3n) is 3.27. The van der Waals surface area contributed by atoms with E-state index < -0.39 is 6.09 Å². The van der Waals surface area contributed by atoms with Gasteiger partial charge in [0.1, 0.15) is 13.2 Å². The molecule has 1 amide bonds. The highest BCUT2D eigenvalue weighted by Crippen LogP contribution is 2.18. The van der Waals surface area contributed by atoms with Crippen LogP contribution in [0.4, 0.5) is 4.79 Å². The van der Waals surface area contributed by atoms with Gasteiger partial charge in [0.15, 0.2) is 0 Å². The lowest BCUT2D eigenvalue weighted by atomic mass is 10.1. The lowest BCUT2D eigenvalue weighted by Gasteiger charge is -2.06. The Labute approximate surface area is 146 Å². The third kappa shape index (κ3) is 5.93. The Morgan fingerprint density at radius 2 is 2.04 bits per heavy atom. The van der Waals surface area contributed by atoms with Crippen LogP contribution in [0.25, 0.3) is 0 Å². The molecule has 0 heterocycles. The zero-order chi connectivity index (χ0) is 17.4. The van der Waals surface area contributed by atoms with Gasteiger partial charge in [-0.25, -0.2) is 4.79 Å². The summed E-state index contributed by atoms with van der Waals surface area (Å²) in [7, 11) is 0. The standard InChI is InChI=1S/C18H19ClN2O3/c1-13-3-2-4-15(9-13)11-24-21-8-7-14-5-6-17(19)16(10-14)12-23-18(20)22/h2-6,8-10H,7,11-12H2,1H3,(H2,20,22). The molecule has 0 unspecified atom stereocenters. The smallest absolute Gasteiger partial charge is 0.404 e. The Morgan fingerprint density at radius 3 is 2.79 bits per heavy atom. The summed E-state index contributed by atoms with van der Waals surface area (Å²) in [5.74, 6) is 0. The normalized spacial score (nSPS) is 10.8. The molecule has 2 aromatic rings. The summed E-state index contributed by atoms with van der Waals surface area (Å²) in [6.45, 7) is 2.51. The summed E-state index contributed by atoms with van der Waals surface area (Å²) in [4.78, 5) is 16.0. The van der Waals surface area contributed by atoms with E-state index in [1.165, 1.54) is 5.56 Å². The molecule has 5 nitrogen and oxygen atoms in total. The number of amides is 1. The maximum absolute atomic E-state index is 10.7. The first-order valence-electron chi connectivity index (χ1n) is 7.43. The summed E-state index contributed by atoms with van der Waals surface area (Å²) in [5, 5.41) is 4.48. The maximum Gasteiger partial charge on any atom is 0.404 e. The first-order chi connectivity index (χ1) is 11.5. The molecule has 0 radical (unpaired) electrons. The number of carbonyl (C=O) groups excluding carboxylic acids is 1. The Bertz CT molecular complexity index is 732. The molecule has 24 heavy (non-hydrogen) atoms. The predicted molar refractivity (Wildman–Crippen MR) is 94.0 cm³/mol. The zero-order valence-corrected chi connectivity index (χ0v) is 14.1. The van der Waals surface area contributed by atoms with Gasteiger partial charge in [-0.2, -0.15) is 0 Å². The van der Waals surface area contributed by atoms with Gasteiger partial charge < -0.3 is 15.3 Å². The average Bonchev–Trinajstić information content (AvgIpc) is 2.54. The first kappa shape index (κ1) is 17.8. The van der Waals surface area contributed by atoms with Crippen molar-refractivity contribution in [1.82, 2.24) is 0 Å². The molecular weight excluding hydrogens is 328 g/mol. The number of aryl methyl sites for hydroxylation is 1. The van der Waals surface area contributed by atoms with Crippen LogP contribution in [0.2, 0.25) is 5.02 Å². The Morgan fingerprint density at radius 1 is 1.21 bits per heavy atom. The van der Waals surface area contributed by atoms with E-state index in [0.717, 1.165) is 11.1 Å². The summed E-state index contributed by atoms with van der Waals surface area (Å²) in [6, 6.07) is 13.5. The lowest BCUT2D eigenvalue weighted by Crippen LogP contribution is -2.12. The fourth-order valence-corrected chi connectivity index (χ4v) is 2.30. The molecule has 6 heteroatoms. The van der Waals surface area contributed by atoms with Crippen LogP contribution in [0.1, 0.15) is 22.3 Å². The molecule has 0 saturated heterocycles. The zero-order valence-electron chi connectivity index (χ0n) is 13.4. The summed E-state index contributed by atoms with van der Waals surface area (Å²) in [6.07, 6.45) is 1.43. The molecule has 0 aliphatic rings. The largest absolute Gasteiger partial charge is 0.445 e. The fourth-order valence-electron chi connectivity index (χ4n) is 2.12. The van der Waals surface area contributed by atoms with E-state index in [-0.39, 0.29) is 6.61 Å². The van der Waals surface area contributed by atoms with Crippen molar-refractivity contribution >= 4 is 23.9 Å². The van der Waals surface area contributed by atoms with E-state index in [4.69, 9.17) is 26.9 Å². The van der Waals surface area contributed by atoms with E-state index in [0.29, 0.717) is 23.6 Å². The third-order valence-corrected chi connectivity index (χ3v) is 3.64. The van der Waals surface area contributed by atoms with Crippen molar-refractivity contribution in [3.05, 3.63) is 69.7 Å². The van der Waals surface area contributed by atoms with Crippen LogP contribution in [0.15, 0.2) is 47.6 Å². The molecule has 0 aromatic heterocycles. The van der Waals surface area contributed by atoms with Gasteiger partial charge in [0.25, 0.3) is 0 Å². The molecular formula is C18H19ClN2O3. The van der Waals surface area contributed by atoms with E-state index in [1.807, 2.05) is 37.3 Å². The fraction of sp³-hybridized carbons (Fsp3) is 0.222.